The number of benzene rings is 1. The number of halogens is 1. The Hall–Kier alpha value is -0.380. The standard InChI is InChI=1S/C15H21BrN2/c1-11(12-2-4-14(16)5-3-12)17-15-10-18-8-6-13(15)7-9-18/h2-5,11,13,15,17H,6-10H2,1H3/t11-,15?/m0/s1. The molecule has 3 heterocycles. The smallest absolute Gasteiger partial charge is 0.0295 e. The van der Waals surface area contributed by atoms with E-state index >= 15 is 0 Å². The van der Waals surface area contributed by atoms with E-state index in [9.17, 15) is 0 Å². The molecule has 0 spiro atoms. The zero-order chi connectivity index (χ0) is 12.5. The van der Waals surface area contributed by atoms with Gasteiger partial charge < -0.3 is 10.2 Å². The Balaban J connectivity index is 1.64. The number of hydrogen-bond donors (Lipinski definition) is 1. The molecule has 1 unspecified atom stereocenters. The Labute approximate surface area is 118 Å². The third-order valence-corrected chi connectivity index (χ3v) is 5.02. The van der Waals surface area contributed by atoms with Gasteiger partial charge in [-0.1, -0.05) is 28.1 Å². The maximum absolute atomic E-state index is 3.83. The predicted molar refractivity (Wildman–Crippen MR) is 78.6 cm³/mol. The van der Waals surface area contributed by atoms with E-state index in [0.29, 0.717) is 12.1 Å². The summed E-state index contributed by atoms with van der Waals surface area (Å²) in [5.74, 6) is 0.896. The van der Waals surface area contributed by atoms with Gasteiger partial charge in [0.15, 0.2) is 0 Å². The average molecular weight is 309 g/mol. The highest BCUT2D eigenvalue weighted by atomic mass is 79.9. The van der Waals surface area contributed by atoms with Crippen LogP contribution in [0.4, 0.5) is 0 Å². The molecule has 1 N–H and O–H groups in total. The van der Waals surface area contributed by atoms with Crippen molar-refractivity contribution in [2.45, 2.75) is 31.8 Å². The lowest BCUT2D eigenvalue weighted by atomic mass is 9.83. The van der Waals surface area contributed by atoms with Gasteiger partial charge in [0.1, 0.15) is 0 Å². The Morgan fingerprint density at radius 3 is 2.44 bits per heavy atom. The Morgan fingerprint density at radius 1 is 1.22 bits per heavy atom. The number of fused-ring (bicyclic) bond motifs is 3. The topological polar surface area (TPSA) is 15.3 Å². The van der Waals surface area contributed by atoms with E-state index in [1.807, 2.05) is 0 Å². The van der Waals surface area contributed by atoms with Gasteiger partial charge in [-0.05, 0) is 56.5 Å². The third kappa shape index (κ3) is 2.63. The van der Waals surface area contributed by atoms with Crippen molar-refractivity contribution in [3.05, 3.63) is 34.3 Å². The second-order valence-electron chi connectivity index (χ2n) is 5.68. The Bertz CT molecular complexity index is 395. The van der Waals surface area contributed by atoms with E-state index in [1.165, 1.54) is 38.0 Å². The van der Waals surface area contributed by atoms with Crippen LogP contribution in [0.3, 0.4) is 0 Å². The molecule has 2 bridgehead atoms. The summed E-state index contributed by atoms with van der Waals surface area (Å²) in [5, 5.41) is 3.83. The minimum Gasteiger partial charge on any atom is -0.306 e. The summed E-state index contributed by atoms with van der Waals surface area (Å²) in [5.41, 5.74) is 1.38. The van der Waals surface area contributed by atoms with Gasteiger partial charge in [0.25, 0.3) is 0 Å². The van der Waals surface area contributed by atoms with Crippen molar-refractivity contribution in [1.29, 1.82) is 0 Å². The maximum atomic E-state index is 3.83. The number of rotatable bonds is 3. The van der Waals surface area contributed by atoms with Crippen molar-refractivity contribution in [2.24, 2.45) is 5.92 Å². The summed E-state index contributed by atoms with van der Waals surface area (Å²) < 4.78 is 1.15. The minimum atomic E-state index is 0.448. The first-order valence-electron chi connectivity index (χ1n) is 6.96. The van der Waals surface area contributed by atoms with Gasteiger partial charge in [0.2, 0.25) is 0 Å². The van der Waals surface area contributed by atoms with E-state index in [1.54, 1.807) is 0 Å². The summed E-state index contributed by atoms with van der Waals surface area (Å²) >= 11 is 3.49. The molecule has 0 amide bonds. The second kappa shape index (κ2) is 5.32. The monoisotopic (exact) mass is 308 g/mol. The van der Waals surface area contributed by atoms with Crippen LogP contribution in [0, 0.1) is 5.92 Å². The van der Waals surface area contributed by atoms with Crippen LogP contribution in [-0.2, 0) is 0 Å². The van der Waals surface area contributed by atoms with Crippen molar-refractivity contribution in [1.82, 2.24) is 10.2 Å². The van der Waals surface area contributed by atoms with E-state index in [2.05, 4.69) is 57.3 Å². The minimum absolute atomic E-state index is 0.448. The van der Waals surface area contributed by atoms with Crippen molar-refractivity contribution in [2.75, 3.05) is 19.6 Å². The largest absolute Gasteiger partial charge is 0.306 e. The van der Waals surface area contributed by atoms with E-state index in [-0.39, 0.29) is 0 Å². The molecule has 3 aliphatic heterocycles. The lowest BCUT2D eigenvalue weighted by Gasteiger charge is -2.46. The molecule has 2 nitrogen and oxygen atoms in total. The molecule has 3 heteroatoms. The van der Waals surface area contributed by atoms with E-state index < -0.39 is 0 Å². The fraction of sp³-hybridized carbons (Fsp3) is 0.600. The molecule has 0 aromatic heterocycles. The quantitative estimate of drug-likeness (QED) is 0.922. The van der Waals surface area contributed by atoms with Crippen LogP contribution in [0.5, 0.6) is 0 Å². The third-order valence-electron chi connectivity index (χ3n) is 4.49. The molecular weight excluding hydrogens is 288 g/mol. The van der Waals surface area contributed by atoms with Gasteiger partial charge >= 0.3 is 0 Å². The number of nitrogens with one attached hydrogen (secondary N) is 1. The fourth-order valence-corrected chi connectivity index (χ4v) is 3.59. The number of piperidine rings is 3. The maximum Gasteiger partial charge on any atom is 0.0295 e. The normalized spacial score (nSPS) is 32.4. The summed E-state index contributed by atoms with van der Waals surface area (Å²) in [6.45, 7) is 6.15. The van der Waals surface area contributed by atoms with Crippen molar-refractivity contribution < 1.29 is 0 Å². The summed E-state index contributed by atoms with van der Waals surface area (Å²) in [7, 11) is 0. The van der Waals surface area contributed by atoms with Gasteiger partial charge in [-0.2, -0.15) is 0 Å². The molecule has 18 heavy (non-hydrogen) atoms. The molecule has 1 aromatic carbocycles. The fourth-order valence-electron chi connectivity index (χ4n) is 3.32. The SMILES string of the molecule is C[C@H](NC1CN2CCC1CC2)c1ccc(Br)cc1. The summed E-state index contributed by atoms with van der Waals surface area (Å²) in [6, 6.07) is 9.81. The zero-order valence-corrected chi connectivity index (χ0v) is 12.5. The molecule has 3 saturated heterocycles. The number of nitrogens with zero attached hydrogens (tertiary/aromatic N) is 1. The highest BCUT2D eigenvalue weighted by Gasteiger charge is 2.34. The van der Waals surface area contributed by atoms with E-state index in [4.69, 9.17) is 0 Å². The van der Waals surface area contributed by atoms with Crippen LogP contribution in [0.25, 0.3) is 0 Å². The zero-order valence-electron chi connectivity index (χ0n) is 10.9. The summed E-state index contributed by atoms with van der Waals surface area (Å²) in [4.78, 5) is 2.60. The molecule has 3 aliphatic rings. The lowest BCUT2D eigenvalue weighted by Crippen LogP contribution is -2.56. The molecule has 1 aromatic rings. The molecule has 3 fully saturated rings. The van der Waals surface area contributed by atoms with Crippen molar-refractivity contribution in [3.8, 4) is 0 Å². The molecule has 98 valence electrons. The van der Waals surface area contributed by atoms with Gasteiger partial charge in [-0.25, -0.2) is 0 Å². The van der Waals surface area contributed by atoms with Crippen LogP contribution in [0.1, 0.15) is 31.4 Å². The van der Waals surface area contributed by atoms with Gasteiger partial charge in [0, 0.05) is 23.1 Å². The highest BCUT2D eigenvalue weighted by Crippen LogP contribution is 2.29. The van der Waals surface area contributed by atoms with Crippen LogP contribution >= 0.6 is 15.9 Å². The van der Waals surface area contributed by atoms with Crippen LogP contribution in [0.2, 0.25) is 0 Å². The second-order valence-corrected chi connectivity index (χ2v) is 6.60. The molecular formula is C15H21BrN2. The number of hydrogen-bond acceptors (Lipinski definition) is 2. The Kier molecular flexibility index (Phi) is 3.73. The first kappa shape index (κ1) is 12.6. The summed E-state index contributed by atoms with van der Waals surface area (Å²) in [6.07, 6.45) is 2.76. The predicted octanol–water partition coefficient (Wildman–Crippen LogP) is 3.19. The van der Waals surface area contributed by atoms with Crippen molar-refractivity contribution >= 4 is 15.9 Å². The van der Waals surface area contributed by atoms with Crippen LogP contribution in [0.15, 0.2) is 28.7 Å². The molecule has 4 rings (SSSR count). The molecule has 2 atom stereocenters. The van der Waals surface area contributed by atoms with Crippen molar-refractivity contribution in [3.63, 3.8) is 0 Å². The molecule has 0 saturated carbocycles. The van der Waals surface area contributed by atoms with Gasteiger partial charge in [0.05, 0.1) is 0 Å². The first-order valence-corrected chi connectivity index (χ1v) is 7.75. The molecule has 0 aliphatic carbocycles. The molecule has 0 radical (unpaired) electrons. The average Bonchev–Trinajstić information content (AvgIpc) is 2.41. The lowest BCUT2D eigenvalue weighted by molar-refractivity contribution is 0.0680. The van der Waals surface area contributed by atoms with Crippen LogP contribution < -0.4 is 5.32 Å². The van der Waals surface area contributed by atoms with E-state index in [0.717, 1.165) is 10.4 Å². The van der Waals surface area contributed by atoms with Gasteiger partial charge in [-0.3, -0.25) is 0 Å². The Morgan fingerprint density at radius 2 is 1.89 bits per heavy atom. The van der Waals surface area contributed by atoms with Crippen LogP contribution in [-0.4, -0.2) is 30.6 Å². The van der Waals surface area contributed by atoms with Gasteiger partial charge in [-0.15, -0.1) is 0 Å². The highest BCUT2D eigenvalue weighted by molar-refractivity contribution is 9.10. The first-order chi connectivity index (χ1) is 8.72.